The van der Waals surface area contributed by atoms with Gasteiger partial charge in [0.05, 0.1) is 12.0 Å². The Morgan fingerprint density at radius 1 is 1.33 bits per heavy atom. The largest absolute Gasteiger partial charge is 0.481 e. The molecule has 2 N–H and O–H groups in total. The molecule has 0 saturated carbocycles. The molecule has 2 unspecified atom stereocenters. The highest BCUT2D eigenvalue weighted by atomic mass is 16.5. The Kier molecular flexibility index (Phi) is 5.32. The number of hydrogen-bond acceptors (Lipinski definition) is 3. The van der Waals surface area contributed by atoms with Gasteiger partial charge in [-0.15, -0.1) is 0 Å². The highest BCUT2D eigenvalue weighted by molar-refractivity contribution is 5.79. The number of carboxylic acids is 1. The molecule has 5 nitrogen and oxygen atoms in total. The molecule has 0 aliphatic rings. The zero-order chi connectivity index (χ0) is 13.5. The van der Waals surface area contributed by atoms with Crippen LogP contribution in [-0.4, -0.2) is 30.7 Å². The summed E-state index contributed by atoms with van der Waals surface area (Å²) in [4.78, 5) is 22.6. The van der Waals surface area contributed by atoms with Gasteiger partial charge in [-0.2, -0.15) is 0 Å². The van der Waals surface area contributed by atoms with Crippen LogP contribution in [0.4, 0.5) is 0 Å². The van der Waals surface area contributed by atoms with Crippen molar-refractivity contribution in [3.05, 3.63) is 35.9 Å². The van der Waals surface area contributed by atoms with Crippen molar-refractivity contribution in [2.24, 2.45) is 5.92 Å². The van der Waals surface area contributed by atoms with E-state index in [4.69, 9.17) is 9.84 Å². The highest BCUT2D eigenvalue weighted by Crippen LogP contribution is 2.21. The molecule has 0 radical (unpaired) electrons. The summed E-state index contributed by atoms with van der Waals surface area (Å²) in [6.45, 7) is 1.47. The summed E-state index contributed by atoms with van der Waals surface area (Å²) < 4.78 is 4.72. The van der Waals surface area contributed by atoms with Crippen LogP contribution in [0.15, 0.2) is 30.3 Å². The first-order chi connectivity index (χ1) is 8.56. The van der Waals surface area contributed by atoms with Crippen molar-refractivity contribution in [2.75, 3.05) is 13.7 Å². The molecule has 18 heavy (non-hydrogen) atoms. The van der Waals surface area contributed by atoms with E-state index >= 15 is 0 Å². The molecule has 1 amide bonds. The van der Waals surface area contributed by atoms with Crippen LogP contribution in [-0.2, 0) is 14.3 Å². The molecule has 2 atom stereocenters. The van der Waals surface area contributed by atoms with E-state index in [9.17, 15) is 9.59 Å². The minimum Gasteiger partial charge on any atom is -0.481 e. The van der Waals surface area contributed by atoms with Gasteiger partial charge in [0.1, 0.15) is 6.61 Å². The van der Waals surface area contributed by atoms with Crippen molar-refractivity contribution in [3.8, 4) is 0 Å². The second-order valence-corrected chi connectivity index (χ2v) is 4.02. The molecule has 0 aliphatic carbocycles. The van der Waals surface area contributed by atoms with Crippen LogP contribution in [0, 0.1) is 5.92 Å². The van der Waals surface area contributed by atoms with Crippen molar-refractivity contribution in [3.63, 3.8) is 0 Å². The summed E-state index contributed by atoms with van der Waals surface area (Å²) in [6.07, 6.45) is 0. The molecule has 1 aromatic rings. The maximum Gasteiger partial charge on any atom is 0.308 e. The van der Waals surface area contributed by atoms with E-state index in [1.807, 2.05) is 6.07 Å². The fraction of sp³-hybridized carbons (Fsp3) is 0.385. The number of carbonyl (C=O) groups excluding carboxylic acids is 1. The summed E-state index contributed by atoms with van der Waals surface area (Å²) in [5, 5.41) is 11.7. The Balaban J connectivity index is 2.89. The summed E-state index contributed by atoms with van der Waals surface area (Å²) >= 11 is 0. The average molecular weight is 251 g/mol. The number of benzene rings is 1. The smallest absolute Gasteiger partial charge is 0.308 e. The maximum absolute atomic E-state index is 11.5. The Hall–Kier alpha value is -1.88. The Bertz CT molecular complexity index is 405. The summed E-state index contributed by atoms with van der Waals surface area (Å²) in [6, 6.07) is 8.46. The van der Waals surface area contributed by atoms with Gasteiger partial charge in [-0.3, -0.25) is 9.59 Å². The standard InChI is InChI=1S/C13H17NO4/c1-9(13(16)17)12(14-11(15)8-18-2)10-6-4-3-5-7-10/h3-7,9,12H,8H2,1-2H3,(H,14,15)(H,16,17). The second kappa shape index (κ2) is 6.76. The molecule has 0 aromatic heterocycles. The van der Waals surface area contributed by atoms with E-state index in [2.05, 4.69) is 5.32 Å². The van der Waals surface area contributed by atoms with Gasteiger partial charge in [-0.1, -0.05) is 30.3 Å². The Labute approximate surface area is 106 Å². The second-order valence-electron chi connectivity index (χ2n) is 4.02. The molecule has 0 fully saturated rings. The number of nitrogens with one attached hydrogen (secondary N) is 1. The third kappa shape index (κ3) is 3.85. The predicted molar refractivity (Wildman–Crippen MR) is 66.0 cm³/mol. The molecule has 0 aliphatic heterocycles. The number of carboxylic acid groups (broad SMARTS) is 1. The van der Waals surface area contributed by atoms with Crippen LogP contribution in [0.5, 0.6) is 0 Å². The third-order valence-electron chi connectivity index (χ3n) is 2.64. The fourth-order valence-electron chi connectivity index (χ4n) is 1.65. The van der Waals surface area contributed by atoms with Crippen molar-refractivity contribution < 1.29 is 19.4 Å². The zero-order valence-electron chi connectivity index (χ0n) is 10.4. The number of ether oxygens (including phenoxy) is 1. The van der Waals surface area contributed by atoms with Gasteiger partial charge in [-0.25, -0.2) is 0 Å². The van der Waals surface area contributed by atoms with Crippen LogP contribution in [0.2, 0.25) is 0 Å². The monoisotopic (exact) mass is 251 g/mol. The molecule has 1 aromatic carbocycles. The first-order valence-corrected chi connectivity index (χ1v) is 5.62. The van der Waals surface area contributed by atoms with Crippen LogP contribution in [0.25, 0.3) is 0 Å². The molecule has 0 heterocycles. The van der Waals surface area contributed by atoms with Crippen LogP contribution >= 0.6 is 0 Å². The topological polar surface area (TPSA) is 75.6 Å². The highest BCUT2D eigenvalue weighted by Gasteiger charge is 2.26. The van der Waals surface area contributed by atoms with Gasteiger partial charge < -0.3 is 15.2 Å². The van der Waals surface area contributed by atoms with Gasteiger partial charge in [0, 0.05) is 7.11 Å². The number of carbonyl (C=O) groups is 2. The first-order valence-electron chi connectivity index (χ1n) is 5.62. The molecule has 1 rings (SSSR count). The van der Waals surface area contributed by atoms with E-state index in [1.54, 1.807) is 31.2 Å². The number of methoxy groups -OCH3 is 1. The van der Waals surface area contributed by atoms with Crippen molar-refractivity contribution in [1.82, 2.24) is 5.32 Å². The van der Waals surface area contributed by atoms with Crippen LogP contribution < -0.4 is 5.32 Å². The van der Waals surface area contributed by atoms with E-state index < -0.39 is 17.9 Å². The van der Waals surface area contributed by atoms with Crippen molar-refractivity contribution >= 4 is 11.9 Å². The number of aliphatic carboxylic acids is 1. The number of hydrogen-bond donors (Lipinski definition) is 2. The normalized spacial score (nSPS) is 13.7. The van der Waals surface area contributed by atoms with E-state index in [1.165, 1.54) is 7.11 Å². The van der Waals surface area contributed by atoms with Gasteiger partial charge >= 0.3 is 5.97 Å². The van der Waals surface area contributed by atoms with Crippen molar-refractivity contribution in [2.45, 2.75) is 13.0 Å². The van der Waals surface area contributed by atoms with Gasteiger partial charge in [-0.05, 0) is 12.5 Å². The summed E-state index contributed by atoms with van der Waals surface area (Å²) in [7, 11) is 1.41. The number of amides is 1. The maximum atomic E-state index is 11.5. The lowest BCUT2D eigenvalue weighted by atomic mass is 9.94. The lowest BCUT2D eigenvalue weighted by Crippen LogP contribution is -2.37. The van der Waals surface area contributed by atoms with E-state index in [0.717, 1.165) is 5.56 Å². The van der Waals surface area contributed by atoms with E-state index in [-0.39, 0.29) is 12.5 Å². The minimum absolute atomic E-state index is 0.0876. The van der Waals surface area contributed by atoms with Gasteiger partial charge in [0.25, 0.3) is 0 Å². The SMILES string of the molecule is COCC(=O)NC(c1ccccc1)C(C)C(=O)O. The third-order valence-corrected chi connectivity index (χ3v) is 2.64. The van der Waals surface area contributed by atoms with Gasteiger partial charge in [0.2, 0.25) is 5.91 Å². The first kappa shape index (κ1) is 14.2. The van der Waals surface area contributed by atoms with Gasteiger partial charge in [0.15, 0.2) is 0 Å². The fourth-order valence-corrected chi connectivity index (χ4v) is 1.65. The molecule has 0 spiro atoms. The molecular weight excluding hydrogens is 234 g/mol. The molecule has 5 heteroatoms. The average Bonchev–Trinajstić information content (AvgIpc) is 2.36. The van der Waals surface area contributed by atoms with Crippen LogP contribution in [0.3, 0.4) is 0 Å². The predicted octanol–water partition coefficient (Wildman–Crippen LogP) is 1.21. The minimum atomic E-state index is -0.957. The molecule has 98 valence electrons. The lowest BCUT2D eigenvalue weighted by Gasteiger charge is -2.22. The van der Waals surface area contributed by atoms with E-state index in [0.29, 0.717) is 0 Å². The Morgan fingerprint density at radius 3 is 2.44 bits per heavy atom. The molecule has 0 saturated heterocycles. The zero-order valence-corrected chi connectivity index (χ0v) is 10.4. The Morgan fingerprint density at radius 2 is 1.94 bits per heavy atom. The lowest BCUT2D eigenvalue weighted by molar-refractivity contribution is -0.142. The quantitative estimate of drug-likeness (QED) is 0.796. The van der Waals surface area contributed by atoms with Crippen LogP contribution in [0.1, 0.15) is 18.5 Å². The molecular formula is C13H17NO4. The summed E-state index contributed by atoms with van der Waals surface area (Å²) in [5.41, 5.74) is 0.761. The summed E-state index contributed by atoms with van der Waals surface area (Å²) in [5.74, 6) is -2.01. The van der Waals surface area contributed by atoms with Crippen molar-refractivity contribution in [1.29, 1.82) is 0 Å². The molecule has 0 bridgehead atoms. The number of rotatable bonds is 6.